The summed E-state index contributed by atoms with van der Waals surface area (Å²) in [7, 11) is 0. The van der Waals surface area contributed by atoms with E-state index in [-0.39, 0.29) is 6.42 Å². The van der Waals surface area contributed by atoms with E-state index in [9.17, 15) is 4.79 Å². The molecule has 20 heavy (non-hydrogen) atoms. The number of aromatic nitrogens is 1. The van der Waals surface area contributed by atoms with E-state index in [1.807, 2.05) is 33.8 Å². The monoisotopic (exact) mass is 298 g/mol. The minimum Gasteiger partial charge on any atom is -0.480 e. The van der Waals surface area contributed by atoms with Crippen LogP contribution in [-0.2, 0) is 11.2 Å². The lowest BCUT2D eigenvalue weighted by Gasteiger charge is -2.04. The number of nitrogens with one attached hydrogen (secondary N) is 1. The van der Waals surface area contributed by atoms with E-state index in [1.54, 1.807) is 18.3 Å². The molecule has 0 bridgehead atoms. The molecule has 2 rings (SSSR count). The molecule has 0 aliphatic heterocycles. The van der Waals surface area contributed by atoms with Gasteiger partial charge in [-0.25, -0.2) is 0 Å². The summed E-state index contributed by atoms with van der Waals surface area (Å²) in [5.41, 5.74) is 7.29. The normalized spacial score (nSPS) is 10.9. The molecule has 1 unspecified atom stereocenters. The standard InChI is InChI=1S/C11H11ClN2O2.2C2H6/c12-7-1-2-10-8(4-7)6(5-14-10)3-9(13)11(15)16;2*1-2/h1-2,4-5,9,14H,3,13H2,(H,15,16);2*1-2H3. The van der Waals surface area contributed by atoms with Crippen molar-refractivity contribution in [3.05, 3.63) is 35.0 Å². The highest BCUT2D eigenvalue weighted by atomic mass is 35.5. The molecule has 1 aromatic heterocycles. The molecule has 5 heteroatoms. The summed E-state index contributed by atoms with van der Waals surface area (Å²) in [5, 5.41) is 10.3. The van der Waals surface area contributed by atoms with Gasteiger partial charge < -0.3 is 15.8 Å². The molecule has 112 valence electrons. The van der Waals surface area contributed by atoms with E-state index >= 15 is 0 Å². The summed E-state index contributed by atoms with van der Waals surface area (Å²) in [6, 6.07) is 4.55. The highest BCUT2D eigenvalue weighted by Gasteiger charge is 2.14. The molecule has 1 aromatic carbocycles. The van der Waals surface area contributed by atoms with Crippen LogP contribution in [0.2, 0.25) is 5.02 Å². The van der Waals surface area contributed by atoms with Gasteiger partial charge in [-0.2, -0.15) is 0 Å². The van der Waals surface area contributed by atoms with Crippen molar-refractivity contribution in [2.45, 2.75) is 40.2 Å². The Kier molecular flexibility index (Phi) is 8.68. The van der Waals surface area contributed by atoms with Crippen molar-refractivity contribution >= 4 is 28.5 Å². The van der Waals surface area contributed by atoms with E-state index in [0.29, 0.717) is 5.02 Å². The number of benzene rings is 1. The van der Waals surface area contributed by atoms with Gasteiger partial charge >= 0.3 is 5.97 Å². The summed E-state index contributed by atoms with van der Waals surface area (Å²) in [6.45, 7) is 8.00. The third kappa shape index (κ3) is 4.87. The molecule has 0 aliphatic rings. The third-order valence-corrected chi connectivity index (χ3v) is 2.72. The molecule has 4 nitrogen and oxygen atoms in total. The Morgan fingerprint density at radius 3 is 2.50 bits per heavy atom. The van der Waals surface area contributed by atoms with Crippen LogP contribution in [0.4, 0.5) is 0 Å². The van der Waals surface area contributed by atoms with Crippen LogP contribution >= 0.6 is 11.6 Å². The predicted molar refractivity (Wildman–Crippen MR) is 85.3 cm³/mol. The van der Waals surface area contributed by atoms with Gasteiger partial charge in [0.25, 0.3) is 0 Å². The molecular weight excluding hydrogens is 276 g/mol. The third-order valence-electron chi connectivity index (χ3n) is 2.49. The Morgan fingerprint density at radius 1 is 1.35 bits per heavy atom. The number of nitrogens with two attached hydrogens (primary N) is 1. The highest BCUT2D eigenvalue weighted by Crippen LogP contribution is 2.23. The van der Waals surface area contributed by atoms with Gasteiger partial charge in [-0.3, -0.25) is 4.79 Å². The number of H-pyrrole nitrogens is 1. The maximum Gasteiger partial charge on any atom is 0.320 e. The van der Waals surface area contributed by atoms with Crippen molar-refractivity contribution in [3.63, 3.8) is 0 Å². The number of hydrogen-bond donors (Lipinski definition) is 3. The fourth-order valence-electron chi connectivity index (χ4n) is 1.64. The number of rotatable bonds is 3. The zero-order valence-electron chi connectivity index (χ0n) is 12.4. The highest BCUT2D eigenvalue weighted by molar-refractivity contribution is 6.31. The van der Waals surface area contributed by atoms with Crippen molar-refractivity contribution in [3.8, 4) is 0 Å². The molecular formula is C15H23ClN2O2. The molecule has 0 saturated heterocycles. The molecule has 0 saturated carbocycles. The minimum absolute atomic E-state index is 0.287. The van der Waals surface area contributed by atoms with Gasteiger partial charge in [0.1, 0.15) is 6.04 Å². The number of carboxylic acids is 1. The second-order valence-electron chi connectivity index (χ2n) is 3.65. The number of aromatic amines is 1. The van der Waals surface area contributed by atoms with E-state index in [1.165, 1.54) is 0 Å². The SMILES string of the molecule is CC.CC.NC(Cc1c[nH]c2ccc(Cl)cc12)C(=O)O. The van der Waals surface area contributed by atoms with Crippen LogP contribution in [-0.4, -0.2) is 22.1 Å². The van der Waals surface area contributed by atoms with Crippen LogP contribution in [0.1, 0.15) is 33.3 Å². The van der Waals surface area contributed by atoms with E-state index < -0.39 is 12.0 Å². The van der Waals surface area contributed by atoms with E-state index in [2.05, 4.69) is 4.98 Å². The maximum absolute atomic E-state index is 10.7. The van der Waals surface area contributed by atoms with Gasteiger partial charge in [0.05, 0.1) is 0 Å². The number of carboxylic acid groups (broad SMARTS) is 1. The molecule has 1 heterocycles. The number of halogens is 1. The Bertz CT molecular complexity index is 538. The first kappa shape index (κ1) is 18.5. The van der Waals surface area contributed by atoms with Crippen LogP contribution in [0.3, 0.4) is 0 Å². The topological polar surface area (TPSA) is 79.1 Å². The first-order valence-electron chi connectivity index (χ1n) is 6.82. The second kappa shape index (κ2) is 9.39. The lowest BCUT2D eigenvalue weighted by molar-refractivity contribution is -0.138. The van der Waals surface area contributed by atoms with Crippen LogP contribution in [0.25, 0.3) is 10.9 Å². The largest absolute Gasteiger partial charge is 0.480 e. The average molecular weight is 299 g/mol. The van der Waals surface area contributed by atoms with Gasteiger partial charge in [0, 0.05) is 28.5 Å². The molecule has 1 atom stereocenters. The molecule has 0 fully saturated rings. The summed E-state index contributed by atoms with van der Waals surface area (Å²) in [6.07, 6.45) is 2.06. The second-order valence-corrected chi connectivity index (χ2v) is 4.09. The van der Waals surface area contributed by atoms with Gasteiger partial charge in [-0.05, 0) is 23.8 Å². The van der Waals surface area contributed by atoms with Gasteiger partial charge in [-0.1, -0.05) is 39.3 Å². The van der Waals surface area contributed by atoms with Crippen molar-refractivity contribution in [1.82, 2.24) is 4.98 Å². The van der Waals surface area contributed by atoms with Crippen LogP contribution in [0.15, 0.2) is 24.4 Å². The molecule has 0 aliphatic carbocycles. The summed E-state index contributed by atoms with van der Waals surface area (Å²) < 4.78 is 0. The summed E-state index contributed by atoms with van der Waals surface area (Å²) >= 11 is 5.89. The first-order valence-corrected chi connectivity index (χ1v) is 7.19. The zero-order chi connectivity index (χ0) is 15.7. The molecule has 0 spiro atoms. The van der Waals surface area contributed by atoms with Crippen molar-refractivity contribution < 1.29 is 9.90 Å². The Labute approximate surface area is 124 Å². The number of aliphatic carboxylic acids is 1. The van der Waals surface area contributed by atoms with Crippen molar-refractivity contribution in [2.75, 3.05) is 0 Å². The lowest BCUT2D eigenvalue weighted by Crippen LogP contribution is -2.32. The lowest BCUT2D eigenvalue weighted by atomic mass is 10.1. The van der Waals surface area contributed by atoms with E-state index in [4.69, 9.17) is 22.4 Å². The summed E-state index contributed by atoms with van der Waals surface area (Å²) in [5.74, 6) is -1.00. The maximum atomic E-state index is 10.7. The molecule has 0 amide bonds. The van der Waals surface area contributed by atoms with Crippen LogP contribution in [0.5, 0.6) is 0 Å². The molecule has 4 N–H and O–H groups in total. The van der Waals surface area contributed by atoms with Crippen molar-refractivity contribution in [1.29, 1.82) is 0 Å². The Hall–Kier alpha value is -1.52. The van der Waals surface area contributed by atoms with Gasteiger partial charge in [0.15, 0.2) is 0 Å². The van der Waals surface area contributed by atoms with Crippen LogP contribution in [0, 0.1) is 0 Å². The van der Waals surface area contributed by atoms with Gasteiger partial charge in [0.2, 0.25) is 0 Å². The van der Waals surface area contributed by atoms with E-state index in [0.717, 1.165) is 16.5 Å². The van der Waals surface area contributed by atoms with Crippen LogP contribution < -0.4 is 5.73 Å². The summed E-state index contributed by atoms with van der Waals surface area (Å²) in [4.78, 5) is 13.7. The number of fused-ring (bicyclic) bond motifs is 1. The Morgan fingerprint density at radius 2 is 1.95 bits per heavy atom. The van der Waals surface area contributed by atoms with Crippen molar-refractivity contribution in [2.24, 2.45) is 5.73 Å². The molecule has 2 aromatic rings. The average Bonchev–Trinajstić information content (AvgIpc) is 2.85. The first-order chi connectivity index (χ1) is 9.58. The number of carbonyl (C=O) groups is 1. The Balaban J connectivity index is 0.000000829. The quantitative estimate of drug-likeness (QED) is 0.805. The van der Waals surface area contributed by atoms with Gasteiger partial charge in [-0.15, -0.1) is 0 Å². The predicted octanol–water partition coefficient (Wildman–Crippen LogP) is 3.83. The smallest absolute Gasteiger partial charge is 0.320 e. The fraction of sp³-hybridized carbons (Fsp3) is 0.400. The minimum atomic E-state index is -1.00. The number of hydrogen-bond acceptors (Lipinski definition) is 2. The molecule has 0 radical (unpaired) electrons. The zero-order valence-corrected chi connectivity index (χ0v) is 13.2. The fourth-order valence-corrected chi connectivity index (χ4v) is 1.82.